The lowest BCUT2D eigenvalue weighted by Crippen LogP contribution is -2.48. The van der Waals surface area contributed by atoms with Crippen molar-refractivity contribution in [3.63, 3.8) is 0 Å². The van der Waals surface area contributed by atoms with Crippen molar-refractivity contribution in [3.05, 3.63) is 16.1 Å². The molecule has 0 spiro atoms. The molecule has 1 aliphatic rings. The molecule has 136 valence electrons. The Morgan fingerprint density at radius 1 is 1.46 bits per heavy atom. The van der Waals surface area contributed by atoms with Gasteiger partial charge in [-0.1, -0.05) is 13.8 Å². The molecule has 2 atom stereocenters. The van der Waals surface area contributed by atoms with Crippen LogP contribution < -0.4 is 10.6 Å². The quantitative estimate of drug-likeness (QED) is 0.586. The number of piperidine rings is 1. The highest BCUT2D eigenvalue weighted by Crippen LogP contribution is 2.17. The molecule has 2 rings (SSSR count). The van der Waals surface area contributed by atoms with Crippen molar-refractivity contribution in [2.75, 3.05) is 26.2 Å². The van der Waals surface area contributed by atoms with Gasteiger partial charge in [0.1, 0.15) is 5.01 Å². The highest BCUT2D eigenvalue weighted by atomic mass is 32.1. The minimum Gasteiger partial charge on any atom is -0.357 e. The van der Waals surface area contributed by atoms with Crippen molar-refractivity contribution < 1.29 is 0 Å². The SMILES string of the molecule is CCNC(=NCc1ncc(CC)s1)NCC(C)N1CCCC(C)C1. The summed E-state index contributed by atoms with van der Waals surface area (Å²) >= 11 is 1.76. The van der Waals surface area contributed by atoms with Crippen LogP contribution in [0.3, 0.4) is 0 Å². The topological polar surface area (TPSA) is 52.6 Å². The molecule has 1 aliphatic heterocycles. The number of hydrogen-bond donors (Lipinski definition) is 2. The highest BCUT2D eigenvalue weighted by molar-refractivity contribution is 7.11. The van der Waals surface area contributed by atoms with E-state index in [2.05, 4.69) is 53.2 Å². The van der Waals surface area contributed by atoms with Crippen LogP contribution in [0.25, 0.3) is 0 Å². The van der Waals surface area contributed by atoms with Gasteiger partial charge in [-0.25, -0.2) is 9.98 Å². The molecule has 1 saturated heterocycles. The number of aromatic nitrogens is 1. The molecular weight excluding hydrogens is 318 g/mol. The van der Waals surface area contributed by atoms with Gasteiger partial charge >= 0.3 is 0 Å². The Hall–Kier alpha value is -1.14. The van der Waals surface area contributed by atoms with Gasteiger partial charge in [0.25, 0.3) is 0 Å². The normalized spacial score (nSPS) is 20.8. The van der Waals surface area contributed by atoms with Gasteiger partial charge in [0.15, 0.2) is 5.96 Å². The smallest absolute Gasteiger partial charge is 0.191 e. The van der Waals surface area contributed by atoms with Gasteiger partial charge in [-0.15, -0.1) is 11.3 Å². The molecular formula is C18H33N5S. The summed E-state index contributed by atoms with van der Waals surface area (Å²) in [6, 6.07) is 0.531. The minimum absolute atomic E-state index is 0.531. The summed E-state index contributed by atoms with van der Waals surface area (Å²) in [6.45, 7) is 13.8. The zero-order valence-corrected chi connectivity index (χ0v) is 16.5. The first-order chi connectivity index (χ1) is 11.6. The molecule has 0 amide bonds. The molecule has 0 aromatic carbocycles. The summed E-state index contributed by atoms with van der Waals surface area (Å²) in [4.78, 5) is 13.1. The van der Waals surface area contributed by atoms with E-state index in [0.717, 1.165) is 36.4 Å². The number of likely N-dealkylation sites (tertiary alicyclic amines) is 1. The lowest BCUT2D eigenvalue weighted by atomic mass is 9.99. The molecule has 1 aromatic rings. The maximum absolute atomic E-state index is 4.69. The van der Waals surface area contributed by atoms with Gasteiger partial charge in [0.2, 0.25) is 0 Å². The van der Waals surface area contributed by atoms with Crippen molar-refractivity contribution in [2.24, 2.45) is 10.9 Å². The molecule has 0 aliphatic carbocycles. The zero-order chi connectivity index (χ0) is 17.4. The standard InChI is InChI=1S/C18H33N5S/c1-5-16-11-20-17(24-16)12-22-18(19-6-2)21-10-15(4)23-9-7-8-14(3)13-23/h11,14-15H,5-10,12-13H2,1-4H3,(H2,19,21,22). The molecule has 2 unspecified atom stereocenters. The first-order valence-corrected chi connectivity index (χ1v) is 10.1. The molecule has 1 aromatic heterocycles. The van der Waals surface area contributed by atoms with Gasteiger partial charge in [-0.3, -0.25) is 4.90 Å². The number of hydrogen-bond acceptors (Lipinski definition) is 4. The van der Waals surface area contributed by atoms with E-state index >= 15 is 0 Å². The van der Waals surface area contributed by atoms with E-state index in [1.807, 2.05) is 6.20 Å². The third kappa shape index (κ3) is 6.06. The Labute approximate surface area is 151 Å². The van der Waals surface area contributed by atoms with Gasteiger partial charge < -0.3 is 10.6 Å². The van der Waals surface area contributed by atoms with Crippen LogP contribution in [0.5, 0.6) is 0 Å². The average Bonchev–Trinajstić information content (AvgIpc) is 3.05. The fourth-order valence-electron chi connectivity index (χ4n) is 3.07. The Morgan fingerprint density at radius 3 is 2.96 bits per heavy atom. The summed E-state index contributed by atoms with van der Waals surface area (Å²) in [5, 5.41) is 7.92. The van der Waals surface area contributed by atoms with Crippen LogP contribution in [-0.2, 0) is 13.0 Å². The number of guanidine groups is 1. The van der Waals surface area contributed by atoms with Crippen LogP contribution in [0, 0.1) is 5.92 Å². The second-order valence-corrected chi connectivity index (χ2v) is 7.94. The minimum atomic E-state index is 0.531. The Bertz CT molecular complexity index is 513. The first kappa shape index (κ1) is 19.2. The van der Waals surface area contributed by atoms with Gasteiger partial charge in [0.05, 0.1) is 6.54 Å². The van der Waals surface area contributed by atoms with Crippen molar-refractivity contribution in [2.45, 2.75) is 59.5 Å². The van der Waals surface area contributed by atoms with Crippen molar-refractivity contribution >= 4 is 17.3 Å². The summed E-state index contributed by atoms with van der Waals surface area (Å²) in [6.07, 6.45) is 5.71. The van der Waals surface area contributed by atoms with Crippen molar-refractivity contribution in [3.8, 4) is 0 Å². The third-order valence-corrected chi connectivity index (χ3v) is 5.67. The lowest BCUT2D eigenvalue weighted by Gasteiger charge is -2.35. The number of thiazole rings is 1. The largest absolute Gasteiger partial charge is 0.357 e. The summed E-state index contributed by atoms with van der Waals surface area (Å²) in [5.41, 5.74) is 0. The number of nitrogens with one attached hydrogen (secondary N) is 2. The Morgan fingerprint density at radius 2 is 2.29 bits per heavy atom. The predicted molar refractivity (Wildman–Crippen MR) is 104 cm³/mol. The lowest BCUT2D eigenvalue weighted by molar-refractivity contribution is 0.139. The fraction of sp³-hybridized carbons (Fsp3) is 0.778. The van der Waals surface area contributed by atoms with E-state index in [0.29, 0.717) is 12.6 Å². The third-order valence-electron chi connectivity index (χ3n) is 4.54. The molecule has 2 N–H and O–H groups in total. The second-order valence-electron chi connectivity index (χ2n) is 6.74. The Balaban J connectivity index is 1.84. The van der Waals surface area contributed by atoms with Crippen LogP contribution >= 0.6 is 11.3 Å². The van der Waals surface area contributed by atoms with Crippen LogP contribution in [0.15, 0.2) is 11.2 Å². The maximum atomic E-state index is 4.69. The molecule has 0 saturated carbocycles. The summed E-state index contributed by atoms with van der Waals surface area (Å²) in [7, 11) is 0. The van der Waals surface area contributed by atoms with E-state index in [9.17, 15) is 0 Å². The van der Waals surface area contributed by atoms with Crippen LogP contribution in [0.2, 0.25) is 0 Å². The summed E-state index contributed by atoms with van der Waals surface area (Å²) < 4.78 is 0. The van der Waals surface area contributed by atoms with E-state index in [1.54, 1.807) is 11.3 Å². The number of aliphatic imine (C=N–C) groups is 1. The van der Waals surface area contributed by atoms with Crippen molar-refractivity contribution in [1.82, 2.24) is 20.5 Å². The zero-order valence-electron chi connectivity index (χ0n) is 15.6. The predicted octanol–water partition coefficient (Wildman–Crippen LogP) is 2.88. The monoisotopic (exact) mass is 351 g/mol. The second kappa shape index (κ2) is 9.99. The van der Waals surface area contributed by atoms with E-state index in [-0.39, 0.29) is 0 Å². The Kier molecular flexibility index (Phi) is 7.99. The van der Waals surface area contributed by atoms with Crippen molar-refractivity contribution in [1.29, 1.82) is 0 Å². The number of nitrogens with zero attached hydrogens (tertiary/aromatic N) is 3. The maximum Gasteiger partial charge on any atom is 0.191 e. The van der Waals surface area contributed by atoms with Gasteiger partial charge in [0, 0.05) is 36.8 Å². The molecule has 6 heteroatoms. The number of aryl methyl sites for hydroxylation is 1. The molecule has 0 bridgehead atoms. The molecule has 0 radical (unpaired) electrons. The van der Waals surface area contributed by atoms with Gasteiger partial charge in [-0.2, -0.15) is 0 Å². The molecule has 24 heavy (non-hydrogen) atoms. The average molecular weight is 352 g/mol. The van der Waals surface area contributed by atoms with E-state index < -0.39 is 0 Å². The first-order valence-electron chi connectivity index (χ1n) is 9.32. The van der Waals surface area contributed by atoms with Gasteiger partial charge in [-0.05, 0) is 45.6 Å². The van der Waals surface area contributed by atoms with Crippen LogP contribution in [-0.4, -0.2) is 48.1 Å². The van der Waals surface area contributed by atoms with Crippen LogP contribution in [0.4, 0.5) is 0 Å². The van der Waals surface area contributed by atoms with Crippen LogP contribution in [0.1, 0.15) is 50.4 Å². The summed E-state index contributed by atoms with van der Waals surface area (Å²) in [5.74, 6) is 1.71. The molecule has 2 heterocycles. The van der Waals surface area contributed by atoms with E-state index in [4.69, 9.17) is 0 Å². The highest BCUT2D eigenvalue weighted by Gasteiger charge is 2.20. The fourth-order valence-corrected chi connectivity index (χ4v) is 3.86. The molecule has 5 nitrogen and oxygen atoms in total. The van der Waals surface area contributed by atoms with E-state index in [1.165, 1.54) is 30.8 Å². The molecule has 1 fully saturated rings. The number of rotatable bonds is 7.